The molecular weight excluding hydrogens is 288 g/mol. The fraction of sp³-hybridized carbons (Fsp3) is 0.583. The maximum absolute atomic E-state index is 2.51. The van der Waals surface area contributed by atoms with Crippen LogP contribution in [0.15, 0.2) is 48.6 Å². The van der Waals surface area contributed by atoms with Crippen LogP contribution in [-0.2, 0) is 0 Å². The molecule has 0 radical (unpaired) electrons. The van der Waals surface area contributed by atoms with Gasteiger partial charge in [0.1, 0.15) is 0 Å². The third-order valence-electron chi connectivity index (χ3n) is 6.20. The first-order valence-corrected chi connectivity index (χ1v) is 10.3. The molecule has 130 valence electrons. The third kappa shape index (κ3) is 4.85. The molecular formula is C24H34. The molecule has 1 fully saturated rings. The van der Waals surface area contributed by atoms with Crippen molar-refractivity contribution in [1.82, 2.24) is 0 Å². The van der Waals surface area contributed by atoms with Crippen molar-refractivity contribution in [3.63, 3.8) is 0 Å². The molecule has 1 aromatic rings. The summed E-state index contributed by atoms with van der Waals surface area (Å²) >= 11 is 0. The zero-order valence-corrected chi connectivity index (χ0v) is 15.4. The van der Waals surface area contributed by atoms with Gasteiger partial charge in [0.2, 0.25) is 0 Å². The third-order valence-corrected chi connectivity index (χ3v) is 6.20. The van der Waals surface area contributed by atoms with E-state index in [9.17, 15) is 0 Å². The van der Waals surface area contributed by atoms with Gasteiger partial charge in [-0.2, -0.15) is 0 Å². The van der Waals surface area contributed by atoms with Crippen LogP contribution in [0, 0.1) is 17.8 Å². The first-order chi connectivity index (χ1) is 11.9. The number of benzene rings is 1. The summed E-state index contributed by atoms with van der Waals surface area (Å²) in [4.78, 5) is 0. The van der Waals surface area contributed by atoms with E-state index in [-0.39, 0.29) is 0 Å². The molecule has 1 aromatic carbocycles. The molecule has 0 aliphatic heterocycles. The highest BCUT2D eigenvalue weighted by atomic mass is 14.3. The van der Waals surface area contributed by atoms with Gasteiger partial charge in [-0.3, -0.25) is 0 Å². The smallest absolute Gasteiger partial charge is 0.0167 e. The second-order valence-corrected chi connectivity index (χ2v) is 7.91. The lowest BCUT2D eigenvalue weighted by Gasteiger charge is -2.33. The Hall–Kier alpha value is -1.30. The molecule has 2 aliphatic rings. The van der Waals surface area contributed by atoms with E-state index in [1.165, 1.54) is 75.3 Å². The number of unbranched alkanes of at least 4 members (excludes halogenated alkanes) is 3. The molecule has 0 saturated heterocycles. The van der Waals surface area contributed by atoms with E-state index in [1.807, 2.05) is 0 Å². The minimum Gasteiger partial charge on any atom is -0.0802 e. The predicted molar refractivity (Wildman–Crippen MR) is 106 cm³/mol. The Bertz CT molecular complexity index is 528. The van der Waals surface area contributed by atoms with Gasteiger partial charge >= 0.3 is 0 Å². The van der Waals surface area contributed by atoms with E-state index in [1.54, 1.807) is 0 Å². The van der Waals surface area contributed by atoms with Crippen LogP contribution >= 0.6 is 0 Å². The Morgan fingerprint density at radius 3 is 2.38 bits per heavy atom. The summed E-state index contributed by atoms with van der Waals surface area (Å²) in [5, 5.41) is 0. The summed E-state index contributed by atoms with van der Waals surface area (Å²) in [6, 6.07) is 10.8. The first-order valence-electron chi connectivity index (χ1n) is 10.3. The number of allylic oxidation sites excluding steroid dienone is 4. The average Bonchev–Trinajstić information content (AvgIpc) is 2.67. The quantitative estimate of drug-likeness (QED) is 0.458. The van der Waals surface area contributed by atoms with E-state index in [4.69, 9.17) is 0 Å². The fourth-order valence-corrected chi connectivity index (χ4v) is 4.60. The van der Waals surface area contributed by atoms with Gasteiger partial charge in [0.05, 0.1) is 0 Å². The van der Waals surface area contributed by atoms with Gasteiger partial charge in [0, 0.05) is 0 Å². The molecule has 1 unspecified atom stereocenters. The van der Waals surface area contributed by atoms with Gasteiger partial charge < -0.3 is 0 Å². The summed E-state index contributed by atoms with van der Waals surface area (Å²) in [7, 11) is 0. The van der Waals surface area contributed by atoms with Crippen molar-refractivity contribution in [3.8, 4) is 0 Å². The van der Waals surface area contributed by atoms with E-state index in [0.29, 0.717) is 0 Å². The summed E-state index contributed by atoms with van der Waals surface area (Å²) < 4.78 is 0. The van der Waals surface area contributed by atoms with Crippen LogP contribution in [0.2, 0.25) is 0 Å². The van der Waals surface area contributed by atoms with Crippen LogP contribution in [0.4, 0.5) is 0 Å². The van der Waals surface area contributed by atoms with Crippen molar-refractivity contribution in [2.75, 3.05) is 0 Å². The summed E-state index contributed by atoms with van der Waals surface area (Å²) in [6.07, 6.45) is 21.7. The molecule has 0 nitrogen and oxygen atoms in total. The van der Waals surface area contributed by atoms with E-state index in [0.717, 1.165) is 17.8 Å². The number of hydrogen-bond donors (Lipinski definition) is 0. The largest absolute Gasteiger partial charge is 0.0802 e. The Kier molecular flexibility index (Phi) is 6.75. The van der Waals surface area contributed by atoms with Crippen molar-refractivity contribution in [1.29, 1.82) is 0 Å². The lowest BCUT2D eigenvalue weighted by atomic mass is 9.72. The fourth-order valence-electron chi connectivity index (χ4n) is 4.60. The molecule has 24 heavy (non-hydrogen) atoms. The SMILES string of the molecule is CCCCCC[C@H]1CC[C@H](C2C=CC(c3ccccc3)=CC2)CC1. The van der Waals surface area contributed by atoms with Crippen molar-refractivity contribution < 1.29 is 0 Å². The van der Waals surface area contributed by atoms with E-state index < -0.39 is 0 Å². The zero-order valence-electron chi connectivity index (χ0n) is 15.4. The molecule has 0 heteroatoms. The maximum Gasteiger partial charge on any atom is -0.0167 e. The van der Waals surface area contributed by atoms with Gasteiger partial charge in [-0.15, -0.1) is 0 Å². The van der Waals surface area contributed by atoms with Crippen LogP contribution in [-0.4, -0.2) is 0 Å². The van der Waals surface area contributed by atoms with Crippen LogP contribution in [0.5, 0.6) is 0 Å². The Balaban J connectivity index is 1.42. The molecule has 2 aliphatic carbocycles. The van der Waals surface area contributed by atoms with Crippen LogP contribution in [0.25, 0.3) is 5.57 Å². The van der Waals surface area contributed by atoms with Crippen LogP contribution in [0.3, 0.4) is 0 Å². The Morgan fingerprint density at radius 1 is 0.917 bits per heavy atom. The summed E-state index contributed by atoms with van der Waals surface area (Å²) in [5.74, 6) is 2.75. The molecule has 1 atom stereocenters. The van der Waals surface area contributed by atoms with Crippen LogP contribution in [0.1, 0.15) is 76.7 Å². The molecule has 1 saturated carbocycles. The zero-order chi connectivity index (χ0) is 16.6. The average molecular weight is 323 g/mol. The van der Waals surface area contributed by atoms with Gasteiger partial charge in [0.25, 0.3) is 0 Å². The van der Waals surface area contributed by atoms with Gasteiger partial charge in [0.15, 0.2) is 0 Å². The highest BCUT2D eigenvalue weighted by molar-refractivity contribution is 5.74. The first kappa shape index (κ1) is 17.5. The Labute approximate surface area is 149 Å². The van der Waals surface area contributed by atoms with Gasteiger partial charge in [-0.25, -0.2) is 0 Å². The Morgan fingerprint density at radius 2 is 1.71 bits per heavy atom. The lowest BCUT2D eigenvalue weighted by molar-refractivity contribution is 0.218. The molecule has 0 spiro atoms. The second-order valence-electron chi connectivity index (χ2n) is 7.91. The monoisotopic (exact) mass is 322 g/mol. The van der Waals surface area contributed by atoms with E-state index in [2.05, 4.69) is 55.5 Å². The van der Waals surface area contributed by atoms with Crippen molar-refractivity contribution in [2.45, 2.75) is 71.1 Å². The standard InChI is InChI=1S/C24H34/c1-2-3-4-6-9-20-12-14-22(15-13-20)24-18-16-23(17-19-24)21-10-7-5-8-11-21/h5,7-8,10-11,16-18,20,22,24H,2-4,6,9,12-15,19H2,1H3/t20-,22-,24?. The number of hydrogen-bond acceptors (Lipinski definition) is 0. The predicted octanol–water partition coefficient (Wildman–Crippen LogP) is 7.42. The van der Waals surface area contributed by atoms with Gasteiger partial charge in [-0.1, -0.05) is 100 Å². The normalized spacial score (nSPS) is 27.0. The number of rotatable bonds is 7. The summed E-state index contributed by atoms with van der Waals surface area (Å²) in [5.41, 5.74) is 2.78. The summed E-state index contributed by atoms with van der Waals surface area (Å²) in [6.45, 7) is 2.31. The minimum atomic E-state index is 0.790. The molecule has 0 bridgehead atoms. The highest BCUT2D eigenvalue weighted by Crippen LogP contribution is 2.39. The molecule has 0 heterocycles. The van der Waals surface area contributed by atoms with E-state index >= 15 is 0 Å². The lowest BCUT2D eigenvalue weighted by Crippen LogP contribution is -2.21. The molecule has 3 rings (SSSR count). The van der Waals surface area contributed by atoms with Crippen molar-refractivity contribution in [3.05, 3.63) is 54.1 Å². The molecule has 0 aromatic heterocycles. The topological polar surface area (TPSA) is 0 Å². The second kappa shape index (κ2) is 9.25. The van der Waals surface area contributed by atoms with Crippen LogP contribution < -0.4 is 0 Å². The minimum absolute atomic E-state index is 0.790. The molecule has 0 N–H and O–H groups in total. The van der Waals surface area contributed by atoms with Crippen molar-refractivity contribution >= 4 is 5.57 Å². The van der Waals surface area contributed by atoms with Gasteiger partial charge in [-0.05, 0) is 48.2 Å². The highest BCUT2D eigenvalue weighted by Gasteiger charge is 2.26. The maximum atomic E-state index is 2.51. The molecule has 0 amide bonds. The van der Waals surface area contributed by atoms with Crippen molar-refractivity contribution in [2.24, 2.45) is 17.8 Å².